The van der Waals surface area contributed by atoms with E-state index in [1.807, 2.05) is 6.07 Å². The summed E-state index contributed by atoms with van der Waals surface area (Å²) in [5, 5.41) is 5.58. The summed E-state index contributed by atoms with van der Waals surface area (Å²) in [6.45, 7) is 1.07. The van der Waals surface area contributed by atoms with E-state index < -0.39 is 6.04 Å². The van der Waals surface area contributed by atoms with Gasteiger partial charge < -0.3 is 10.5 Å². The molecule has 1 heterocycles. The lowest BCUT2D eigenvalue weighted by Gasteiger charge is -2.17. The van der Waals surface area contributed by atoms with Gasteiger partial charge in [-0.15, -0.1) is 0 Å². The highest BCUT2D eigenvalue weighted by atomic mass is 35.5. The number of aromatic nitrogens is 2. The summed E-state index contributed by atoms with van der Waals surface area (Å²) in [5.74, 6) is 0. The van der Waals surface area contributed by atoms with Crippen LogP contribution in [0.25, 0.3) is 0 Å². The molecular weight excluding hydrogens is 321 g/mol. The highest BCUT2D eigenvalue weighted by molar-refractivity contribution is 6.42. The maximum Gasteiger partial charge on any atom is 0.0837 e. The lowest BCUT2D eigenvalue weighted by atomic mass is 10.0. The van der Waals surface area contributed by atoms with Crippen molar-refractivity contribution in [3.8, 4) is 0 Å². The zero-order chi connectivity index (χ0) is 14.7. The number of ether oxygens (including phenoxy) is 1. The smallest absolute Gasteiger partial charge is 0.0837 e. The first-order valence-electron chi connectivity index (χ1n) is 5.96. The quantitative estimate of drug-likeness (QED) is 0.910. The molecule has 2 rings (SSSR count). The van der Waals surface area contributed by atoms with Crippen molar-refractivity contribution in [3.05, 3.63) is 50.7 Å². The molecule has 0 radical (unpaired) electrons. The third-order valence-electron chi connectivity index (χ3n) is 2.95. The van der Waals surface area contributed by atoms with Crippen LogP contribution >= 0.6 is 34.8 Å². The lowest BCUT2D eigenvalue weighted by Crippen LogP contribution is -2.20. The molecule has 7 heteroatoms. The molecule has 2 N–H and O–H groups in total. The van der Waals surface area contributed by atoms with E-state index >= 15 is 0 Å². The van der Waals surface area contributed by atoms with E-state index in [0.717, 1.165) is 0 Å². The van der Waals surface area contributed by atoms with Gasteiger partial charge in [0.05, 0.1) is 46.2 Å². The highest BCUT2D eigenvalue weighted by Gasteiger charge is 2.21. The Morgan fingerprint density at radius 2 is 2.05 bits per heavy atom. The van der Waals surface area contributed by atoms with E-state index in [1.165, 1.54) is 0 Å². The highest BCUT2D eigenvalue weighted by Crippen LogP contribution is 2.34. The van der Waals surface area contributed by atoms with Gasteiger partial charge in [-0.2, -0.15) is 5.10 Å². The molecule has 1 atom stereocenters. The summed E-state index contributed by atoms with van der Waals surface area (Å²) in [6, 6.07) is 4.83. The fraction of sp³-hybridized carbons (Fsp3) is 0.308. The van der Waals surface area contributed by atoms with Gasteiger partial charge in [0.15, 0.2) is 0 Å². The molecule has 0 aliphatic heterocycles. The van der Waals surface area contributed by atoms with E-state index in [0.29, 0.717) is 39.5 Å². The van der Waals surface area contributed by atoms with Gasteiger partial charge in [0.2, 0.25) is 0 Å². The largest absolute Gasteiger partial charge is 0.383 e. The van der Waals surface area contributed by atoms with Crippen LogP contribution in [-0.4, -0.2) is 23.5 Å². The van der Waals surface area contributed by atoms with Gasteiger partial charge in [0.25, 0.3) is 0 Å². The van der Waals surface area contributed by atoms with Crippen molar-refractivity contribution < 1.29 is 4.74 Å². The van der Waals surface area contributed by atoms with Crippen LogP contribution in [0.5, 0.6) is 0 Å². The van der Waals surface area contributed by atoms with Crippen LogP contribution in [0.3, 0.4) is 0 Å². The number of nitrogens with zero attached hydrogens (tertiary/aromatic N) is 2. The SMILES string of the molecule is COCCn1ncc(Cl)c1C(N)c1cccc(Cl)c1Cl. The molecule has 0 fully saturated rings. The molecule has 1 aromatic carbocycles. The molecule has 0 saturated heterocycles. The summed E-state index contributed by atoms with van der Waals surface area (Å²) < 4.78 is 6.76. The van der Waals surface area contributed by atoms with E-state index in [1.54, 1.807) is 30.1 Å². The van der Waals surface area contributed by atoms with Gasteiger partial charge in [0, 0.05) is 7.11 Å². The van der Waals surface area contributed by atoms with Crippen molar-refractivity contribution in [2.45, 2.75) is 12.6 Å². The first-order valence-corrected chi connectivity index (χ1v) is 7.09. The van der Waals surface area contributed by atoms with Crippen LogP contribution in [0.2, 0.25) is 15.1 Å². The number of methoxy groups -OCH3 is 1. The average Bonchev–Trinajstić information content (AvgIpc) is 2.80. The van der Waals surface area contributed by atoms with Crippen LogP contribution in [0, 0.1) is 0 Å². The third kappa shape index (κ3) is 3.10. The first kappa shape index (κ1) is 15.6. The summed E-state index contributed by atoms with van der Waals surface area (Å²) in [4.78, 5) is 0. The normalized spacial score (nSPS) is 12.7. The van der Waals surface area contributed by atoms with Crippen LogP contribution in [0.4, 0.5) is 0 Å². The monoisotopic (exact) mass is 333 g/mol. The van der Waals surface area contributed by atoms with Gasteiger partial charge in [-0.25, -0.2) is 0 Å². The topological polar surface area (TPSA) is 53.1 Å². The number of rotatable bonds is 5. The van der Waals surface area contributed by atoms with Crippen molar-refractivity contribution >= 4 is 34.8 Å². The molecule has 0 aliphatic rings. The Morgan fingerprint density at radius 3 is 2.75 bits per heavy atom. The second-order valence-corrected chi connectivity index (χ2v) is 5.41. The summed E-state index contributed by atoms with van der Waals surface area (Å²) >= 11 is 18.4. The van der Waals surface area contributed by atoms with E-state index in [9.17, 15) is 0 Å². The van der Waals surface area contributed by atoms with Gasteiger partial charge >= 0.3 is 0 Å². The van der Waals surface area contributed by atoms with Crippen LogP contribution < -0.4 is 5.73 Å². The number of nitrogens with two attached hydrogens (primary N) is 1. The molecule has 2 aromatic rings. The summed E-state index contributed by atoms with van der Waals surface area (Å²) in [6.07, 6.45) is 1.56. The van der Waals surface area contributed by atoms with Crippen molar-refractivity contribution in [2.75, 3.05) is 13.7 Å². The maximum atomic E-state index is 6.27. The summed E-state index contributed by atoms with van der Waals surface area (Å²) in [7, 11) is 1.62. The van der Waals surface area contributed by atoms with Crippen LogP contribution in [-0.2, 0) is 11.3 Å². The van der Waals surface area contributed by atoms with Crippen molar-refractivity contribution in [1.29, 1.82) is 0 Å². The Kier molecular flexibility index (Phi) is 5.29. The molecular formula is C13H14Cl3N3O. The Balaban J connectivity index is 2.40. The molecule has 0 saturated carbocycles. The Labute approximate surface area is 132 Å². The van der Waals surface area contributed by atoms with Gasteiger partial charge in [-0.05, 0) is 11.6 Å². The number of hydrogen-bond acceptors (Lipinski definition) is 3. The van der Waals surface area contributed by atoms with E-state index in [2.05, 4.69) is 5.10 Å². The number of halogens is 3. The number of hydrogen-bond donors (Lipinski definition) is 1. The standard InChI is InChI=1S/C13H14Cl3N3O/c1-20-6-5-19-13(10(15)7-18-19)12(17)8-3-2-4-9(14)11(8)16/h2-4,7,12H,5-6,17H2,1H3. The van der Waals surface area contributed by atoms with Crippen LogP contribution in [0.1, 0.15) is 17.3 Å². The predicted octanol–water partition coefficient (Wildman–Crippen LogP) is 3.54. The second kappa shape index (κ2) is 6.78. The van der Waals surface area contributed by atoms with Crippen molar-refractivity contribution in [2.24, 2.45) is 5.73 Å². The minimum Gasteiger partial charge on any atom is -0.383 e. The molecule has 4 nitrogen and oxygen atoms in total. The average molecular weight is 335 g/mol. The molecule has 20 heavy (non-hydrogen) atoms. The fourth-order valence-electron chi connectivity index (χ4n) is 1.95. The lowest BCUT2D eigenvalue weighted by molar-refractivity contribution is 0.182. The zero-order valence-corrected chi connectivity index (χ0v) is 13.1. The second-order valence-electron chi connectivity index (χ2n) is 4.21. The number of benzene rings is 1. The molecule has 0 bridgehead atoms. The third-order valence-corrected chi connectivity index (χ3v) is 4.08. The molecule has 1 unspecified atom stereocenters. The molecule has 0 amide bonds. The molecule has 108 valence electrons. The minimum absolute atomic E-state index is 0.428. The van der Waals surface area contributed by atoms with Gasteiger partial charge in [-0.1, -0.05) is 46.9 Å². The summed E-state index contributed by atoms with van der Waals surface area (Å²) in [5.41, 5.74) is 7.67. The van der Waals surface area contributed by atoms with Crippen molar-refractivity contribution in [1.82, 2.24) is 9.78 Å². The molecule has 0 spiro atoms. The van der Waals surface area contributed by atoms with Gasteiger partial charge in [-0.3, -0.25) is 4.68 Å². The Morgan fingerprint density at radius 1 is 1.30 bits per heavy atom. The molecule has 0 aliphatic carbocycles. The fourth-order valence-corrected chi connectivity index (χ4v) is 2.63. The minimum atomic E-state index is -0.506. The zero-order valence-electron chi connectivity index (χ0n) is 10.8. The predicted molar refractivity (Wildman–Crippen MR) is 81.6 cm³/mol. The van der Waals surface area contributed by atoms with Gasteiger partial charge in [0.1, 0.15) is 0 Å². The van der Waals surface area contributed by atoms with Crippen molar-refractivity contribution in [3.63, 3.8) is 0 Å². The van der Waals surface area contributed by atoms with E-state index in [4.69, 9.17) is 45.3 Å². The maximum absolute atomic E-state index is 6.27. The Hall–Kier alpha value is -0.780. The van der Waals surface area contributed by atoms with E-state index in [-0.39, 0.29) is 0 Å². The molecule has 1 aromatic heterocycles. The Bertz CT molecular complexity index is 601. The van der Waals surface area contributed by atoms with Crippen LogP contribution in [0.15, 0.2) is 24.4 Å². The first-order chi connectivity index (χ1) is 9.56.